The molecular formula is C73H131N3O34S. The Kier molecular flexibility index (Phi) is 45.0. The first-order valence-electron chi connectivity index (χ1n) is 39.7. The molecule has 28 atom stereocenters. The van der Waals surface area contributed by atoms with E-state index in [9.17, 15) is 114 Å². The summed E-state index contributed by atoms with van der Waals surface area (Å²) >= 11 is 0. The van der Waals surface area contributed by atoms with Crippen LogP contribution in [0.4, 0.5) is 0 Å². The zero-order chi connectivity index (χ0) is 82.0. The van der Waals surface area contributed by atoms with Crippen LogP contribution in [0.25, 0.3) is 0 Å². The molecule has 0 aliphatic carbocycles. The predicted octanol–water partition coefficient (Wildman–Crippen LogP) is -1.22. The van der Waals surface area contributed by atoms with Crippen molar-refractivity contribution in [1.29, 1.82) is 0 Å². The third kappa shape index (κ3) is 31.4. The Morgan fingerprint density at radius 3 is 1.44 bits per heavy atom. The number of amides is 3. The van der Waals surface area contributed by atoms with Gasteiger partial charge in [-0.05, 0) is 19.3 Å². The Bertz CT molecular complexity index is 2770. The molecule has 20 N–H and O–H groups in total. The molecule has 111 heavy (non-hydrogen) atoms. The first-order chi connectivity index (χ1) is 52.9. The molecule has 0 spiro atoms. The van der Waals surface area contributed by atoms with Crippen molar-refractivity contribution in [2.45, 2.75) is 385 Å². The summed E-state index contributed by atoms with van der Waals surface area (Å²) in [5, 5.41) is 186. The minimum Gasteiger partial charge on any atom is -0.477 e. The van der Waals surface area contributed by atoms with Crippen LogP contribution in [0, 0.1) is 0 Å². The average Bonchev–Trinajstić information content (AvgIpc) is 0.757. The zero-order valence-corrected chi connectivity index (χ0v) is 65.3. The minimum atomic E-state index is -5.41. The van der Waals surface area contributed by atoms with E-state index in [0.29, 0.717) is 12.8 Å². The highest BCUT2D eigenvalue weighted by Gasteiger charge is 2.61. The zero-order valence-electron chi connectivity index (χ0n) is 64.4. The number of aliphatic hydroxyl groups excluding tert-OH is 15. The van der Waals surface area contributed by atoms with E-state index in [-0.39, 0.29) is 12.3 Å². The van der Waals surface area contributed by atoms with Crippen LogP contribution >= 0.6 is 0 Å². The standard InChI is InChI=1S/C73H131N3O34S/c1-5-7-9-11-13-15-17-19-20-22-24-26-28-30-32-34-52(86)76-44(45(83)33-31-29-27-25-23-21-18-16-14-12-10-8-6-2)40-100-69-60(92)58(90)64(49(38-79)103-69)107-70-61(93)59(91)63(50(39-80)104-70)106-68-54(75-43(4)82)65(57(89)51(105-68)41-101-111(97,98)99)108-71-62(94)67(56(88)48(37-78)102-71)110-73(72(95)96)35-46(84)53(74-42(3)81)66(109-73)55(87)47(85)36-77/h31,33,44-51,53-71,77-80,83-85,87-94H,5-30,32,34-41H2,1-4H3,(H,74,81)(H,75,82)(H,76,86)(H,95,96)(H,97,98,99)/b33-31+/t44-,45+,46-,47-,48+,49+,50+,51+,53+,54+,55-,56-,57-,58+,59+,60+,61+,62+,63-,64+,65+,66+,67-,68-,69+,70-,71-,73-/m0/s1. The van der Waals surface area contributed by atoms with Crippen molar-refractivity contribution in [1.82, 2.24) is 16.0 Å². The topological polar surface area (TPSA) is 584 Å². The van der Waals surface area contributed by atoms with Gasteiger partial charge in [-0.3, -0.25) is 18.9 Å². The van der Waals surface area contributed by atoms with Gasteiger partial charge in [0.15, 0.2) is 25.2 Å². The summed E-state index contributed by atoms with van der Waals surface area (Å²) in [7, 11) is -5.41. The summed E-state index contributed by atoms with van der Waals surface area (Å²) in [5.74, 6) is -7.64. The van der Waals surface area contributed by atoms with Crippen molar-refractivity contribution in [3.05, 3.63) is 12.2 Å². The van der Waals surface area contributed by atoms with E-state index >= 15 is 0 Å². The van der Waals surface area contributed by atoms with E-state index in [4.69, 9.17) is 47.4 Å². The number of nitrogens with one attached hydrogen (secondary N) is 3. The molecule has 0 aromatic carbocycles. The number of aliphatic carboxylic acids is 1. The summed E-state index contributed by atoms with van der Waals surface area (Å²) < 4.78 is 96.7. The molecule has 0 unspecified atom stereocenters. The normalized spacial score (nSPS) is 33.9. The molecule has 38 heteroatoms. The maximum Gasteiger partial charge on any atom is 0.397 e. The first-order valence-corrected chi connectivity index (χ1v) is 41.1. The first kappa shape index (κ1) is 98.1. The number of hydrogen-bond acceptors (Lipinski definition) is 32. The van der Waals surface area contributed by atoms with Crippen molar-refractivity contribution in [2.75, 3.05) is 39.6 Å². The van der Waals surface area contributed by atoms with Gasteiger partial charge in [-0.1, -0.05) is 180 Å². The summed E-state index contributed by atoms with van der Waals surface area (Å²) in [6.45, 7) is -0.0370. The van der Waals surface area contributed by atoms with Gasteiger partial charge in [0.1, 0.15) is 116 Å². The molecule has 0 aromatic heterocycles. The summed E-state index contributed by atoms with van der Waals surface area (Å²) in [6.07, 6.45) is -17.7. The number of hydrogen-bond donors (Lipinski definition) is 20. The van der Waals surface area contributed by atoms with Crippen LogP contribution in [-0.4, -0.2) is 329 Å². The van der Waals surface area contributed by atoms with Crippen molar-refractivity contribution in [2.24, 2.45) is 0 Å². The van der Waals surface area contributed by atoms with Gasteiger partial charge < -0.3 is 145 Å². The van der Waals surface area contributed by atoms with E-state index < -0.39 is 245 Å². The number of carboxylic acids is 1. The van der Waals surface area contributed by atoms with Gasteiger partial charge in [0, 0.05) is 26.7 Å². The maximum absolute atomic E-state index is 13.5. The number of unbranched alkanes of at least 4 members (excludes halogenated alkanes) is 25. The average molecular weight is 1630 g/mol. The fraction of sp³-hybridized carbons (Fsp3) is 0.918. The smallest absolute Gasteiger partial charge is 0.397 e. The number of carboxylic acid groups (broad SMARTS) is 1. The highest BCUT2D eigenvalue weighted by atomic mass is 32.3. The molecule has 648 valence electrons. The number of carbonyl (C=O) groups excluding carboxylic acids is 3. The van der Waals surface area contributed by atoms with Crippen LogP contribution in [0.2, 0.25) is 0 Å². The maximum atomic E-state index is 13.5. The van der Waals surface area contributed by atoms with E-state index in [1.165, 1.54) is 109 Å². The highest BCUT2D eigenvalue weighted by Crippen LogP contribution is 2.40. The fourth-order valence-corrected chi connectivity index (χ4v) is 14.8. The van der Waals surface area contributed by atoms with Gasteiger partial charge in [0.05, 0.1) is 63.9 Å². The van der Waals surface area contributed by atoms with Crippen molar-refractivity contribution < 1.29 is 165 Å². The van der Waals surface area contributed by atoms with Crippen molar-refractivity contribution in [3.63, 3.8) is 0 Å². The SMILES string of the molecule is CCCCCCCCCCCCC/C=C/[C@@H](O)[C@H](CO[C@@H]1O[C@H](CO)[C@@H](O[C@@H]2O[C@H](CO)[C@H](O[C@@H]3O[C@H](COS(=O)(=O)O)[C@H](O)[C@H](O[C@@H]4O[C@H](CO)[C@H](O)[C@H](O[C@]5(C(=O)O)C[C@H](O)[C@@H](NC(C)=O)[C@H]([C@@H](O)[C@@H](O)CO)O5)[C@H]4O)[C@H]3NC(C)=O)[C@H](O)[C@H]2O)[C@H](O)[C@H]1O)NC(=O)CCCCCCCCCCCCCCCCC. The quantitative estimate of drug-likeness (QED) is 0.0193. The molecule has 0 saturated carbocycles. The molecule has 0 aromatic rings. The van der Waals surface area contributed by atoms with Crippen LogP contribution in [-0.2, 0) is 81.1 Å². The lowest BCUT2D eigenvalue weighted by Gasteiger charge is -2.51. The second-order valence-corrected chi connectivity index (χ2v) is 30.9. The molecule has 5 fully saturated rings. The lowest BCUT2D eigenvalue weighted by molar-refractivity contribution is -0.388. The van der Waals surface area contributed by atoms with Crippen LogP contribution in [0.5, 0.6) is 0 Å². The van der Waals surface area contributed by atoms with E-state index in [2.05, 4.69) is 34.0 Å². The van der Waals surface area contributed by atoms with Crippen LogP contribution in [0.3, 0.4) is 0 Å². The van der Waals surface area contributed by atoms with Crippen LogP contribution < -0.4 is 16.0 Å². The number of allylic oxidation sites excluding steroid dienone is 1. The van der Waals surface area contributed by atoms with Gasteiger partial charge >= 0.3 is 16.4 Å². The summed E-state index contributed by atoms with van der Waals surface area (Å²) in [6, 6.07) is -4.84. The fourth-order valence-electron chi connectivity index (χ4n) is 14.5. The molecule has 37 nitrogen and oxygen atoms in total. The number of aliphatic hydroxyl groups is 15. The Balaban J connectivity index is 1.29. The Labute approximate surface area is 649 Å². The molecule has 5 rings (SSSR count). The molecule has 5 heterocycles. The molecule has 0 radical (unpaired) electrons. The van der Waals surface area contributed by atoms with Gasteiger partial charge in [-0.15, -0.1) is 0 Å². The second-order valence-electron chi connectivity index (χ2n) is 29.8. The number of ether oxygens (including phenoxy) is 10. The molecule has 5 saturated heterocycles. The minimum absolute atomic E-state index is 0.155. The van der Waals surface area contributed by atoms with E-state index in [1.54, 1.807) is 6.08 Å². The second kappa shape index (κ2) is 51.0. The molecular weight excluding hydrogens is 1490 g/mol. The molecule has 3 amide bonds. The van der Waals surface area contributed by atoms with Crippen molar-refractivity contribution in [3.8, 4) is 0 Å². The van der Waals surface area contributed by atoms with Gasteiger partial charge in [-0.2, -0.15) is 8.42 Å². The van der Waals surface area contributed by atoms with Crippen LogP contribution in [0.1, 0.15) is 214 Å². The Hall–Kier alpha value is -3.51. The monoisotopic (exact) mass is 1630 g/mol. The lowest BCUT2D eigenvalue weighted by atomic mass is 9.88. The van der Waals surface area contributed by atoms with Crippen molar-refractivity contribution >= 4 is 34.1 Å². The number of rotatable bonds is 54. The Morgan fingerprint density at radius 2 is 0.955 bits per heavy atom. The van der Waals surface area contributed by atoms with Crippen LogP contribution in [0.15, 0.2) is 12.2 Å². The summed E-state index contributed by atoms with van der Waals surface area (Å²) in [4.78, 5) is 52.0. The molecule has 0 bridgehead atoms. The van der Waals surface area contributed by atoms with E-state index in [1.807, 2.05) is 6.08 Å². The lowest BCUT2D eigenvalue weighted by Crippen LogP contribution is -2.71. The largest absolute Gasteiger partial charge is 0.477 e. The highest BCUT2D eigenvalue weighted by molar-refractivity contribution is 7.80. The third-order valence-corrected chi connectivity index (χ3v) is 21.2. The van der Waals surface area contributed by atoms with Gasteiger partial charge in [-0.25, -0.2) is 8.98 Å². The van der Waals surface area contributed by atoms with Gasteiger partial charge in [0.2, 0.25) is 17.7 Å². The third-order valence-electron chi connectivity index (χ3n) is 20.8. The molecule has 5 aliphatic heterocycles. The van der Waals surface area contributed by atoms with E-state index in [0.717, 1.165) is 65.2 Å². The Morgan fingerprint density at radius 1 is 0.523 bits per heavy atom. The molecule has 5 aliphatic rings. The predicted molar refractivity (Wildman–Crippen MR) is 389 cm³/mol. The van der Waals surface area contributed by atoms with Gasteiger partial charge in [0.25, 0.3) is 5.79 Å². The summed E-state index contributed by atoms with van der Waals surface area (Å²) in [5.41, 5.74) is 0. The number of carbonyl (C=O) groups is 4.